The lowest BCUT2D eigenvalue weighted by molar-refractivity contribution is 0.0703. The Balaban J connectivity index is 1.58. The molecule has 0 amide bonds. The van der Waals surface area contributed by atoms with Crippen LogP contribution in [0.25, 0.3) is 0 Å². The highest BCUT2D eigenvalue weighted by Gasteiger charge is 2.34. The van der Waals surface area contributed by atoms with Crippen LogP contribution >= 0.6 is 18.7 Å². The molecular weight excluding hydrogens is 419 g/mol. The van der Waals surface area contributed by atoms with Gasteiger partial charge in [-0.2, -0.15) is 0 Å². The SMILES string of the molecule is COP1(=O)CCC(N2CCC(Nc3cc(C#CC(C)(C)C)sc3C(=O)O)CC2)CC1. The van der Waals surface area contributed by atoms with Crippen LogP contribution in [0.4, 0.5) is 5.69 Å². The Bertz CT molecular complexity index is 860. The summed E-state index contributed by atoms with van der Waals surface area (Å²) in [5.74, 6) is 5.39. The Labute approximate surface area is 183 Å². The number of piperidine rings is 1. The zero-order valence-corrected chi connectivity index (χ0v) is 20.1. The molecule has 2 fully saturated rings. The Morgan fingerprint density at radius 1 is 1.27 bits per heavy atom. The third kappa shape index (κ3) is 6.11. The molecule has 0 bridgehead atoms. The van der Waals surface area contributed by atoms with E-state index in [1.54, 1.807) is 7.11 Å². The molecule has 0 spiro atoms. The summed E-state index contributed by atoms with van der Waals surface area (Å²) in [6.07, 6.45) is 5.18. The minimum Gasteiger partial charge on any atom is -0.477 e. The van der Waals surface area contributed by atoms with Crippen LogP contribution in [0.5, 0.6) is 0 Å². The van der Waals surface area contributed by atoms with Crippen LogP contribution in [0.3, 0.4) is 0 Å². The van der Waals surface area contributed by atoms with E-state index in [0.29, 0.717) is 28.9 Å². The lowest BCUT2D eigenvalue weighted by atomic mass is 9.98. The maximum absolute atomic E-state index is 12.4. The van der Waals surface area contributed by atoms with E-state index in [9.17, 15) is 14.5 Å². The van der Waals surface area contributed by atoms with Crippen molar-refractivity contribution in [3.05, 3.63) is 15.8 Å². The summed E-state index contributed by atoms with van der Waals surface area (Å²) in [6.45, 7) is 8.07. The van der Waals surface area contributed by atoms with E-state index in [1.807, 2.05) is 26.8 Å². The van der Waals surface area contributed by atoms with Crippen LogP contribution in [0.1, 0.15) is 61.0 Å². The largest absolute Gasteiger partial charge is 0.477 e. The van der Waals surface area contributed by atoms with Gasteiger partial charge in [-0.3, -0.25) is 4.57 Å². The number of carbonyl (C=O) groups is 1. The second-order valence-corrected chi connectivity index (χ2v) is 13.2. The minimum absolute atomic E-state index is 0.121. The Morgan fingerprint density at radius 3 is 2.43 bits per heavy atom. The van der Waals surface area contributed by atoms with Gasteiger partial charge in [0.2, 0.25) is 7.37 Å². The van der Waals surface area contributed by atoms with E-state index in [1.165, 1.54) is 11.3 Å². The molecule has 2 N–H and O–H groups in total. The number of hydrogen-bond donors (Lipinski definition) is 2. The van der Waals surface area contributed by atoms with Gasteiger partial charge in [0.05, 0.1) is 10.6 Å². The highest BCUT2D eigenvalue weighted by molar-refractivity contribution is 7.59. The number of likely N-dealkylation sites (tertiary alicyclic amines) is 1. The monoisotopic (exact) mass is 452 g/mol. The van der Waals surface area contributed by atoms with Crippen LogP contribution in [-0.2, 0) is 9.09 Å². The van der Waals surface area contributed by atoms with Crippen molar-refractivity contribution in [3.63, 3.8) is 0 Å². The zero-order chi connectivity index (χ0) is 21.9. The highest BCUT2D eigenvalue weighted by Crippen LogP contribution is 2.51. The van der Waals surface area contributed by atoms with Crippen molar-refractivity contribution in [1.82, 2.24) is 4.90 Å². The first-order valence-corrected chi connectivity index (χ1v) is 13.4. The van der Waals surface area contributed by atoms with Gasteiger partial charge in [0.15, 0.2) is 0 Å². The van der Waals surface area contributed by atoms with E-state index < -0.39 is 13.3 Å². The molecular formula is C22H33N2O4PS. The molecule has 6 nitrogen and oxygen atoms in total. The molecule has 3 rings (SSSR count). The van der Waals surface area contributed by atoms with E-state index in [4.69, 9.17) is 4.52 Å². The van der Waals surface area contributed by atoms with Crippen molar-refractivity contribution >= 4 is 30.4 Å². The van der Waals surface area contributed by atoms with E-state index in [2.05, 4.69) is 22.1 Å². The van der Waals surface area contributed by atoms with Crippen molar-refractivity contribution < 1.29 is 19.0 Å². The molecule has 166 valence electrons. The van der Waals surface area contributed by atoms with Gasteiger partial charge in [-0.05, 0) is 52.5 Å². The number of nitrogens with zero attached hydrogens (tertiary/aromatic N) is 1. The minimum atomic E-state index is -2.37. The van der Waals surface area contributed by atoms with Crippen LogP contribution in [-0.4, -0.2) is 60.6 Å². The normalized spacial score (nSPS) is 26.1. The molecule has 0 atom stereocenters. The predicted molar refractivity (Wildman–Crippen MR) is 123 cm³/mol. The van der Waals surface area contributed by atoms with Gasteiger partial charge < -0.3 is 19.8 Å². The molecule has 1 aromatic heterocycles. The Hall–Kier alpha value is -1.32. The van der Waals surface area contributed by atoms with E-state index >= 15 is 0 Å². The predicted octanol–water partition coefficient (Wildman–Crippen LogP) is 4.81. The maximum Gasteiger partial charge on any atom is 0.348 e. The molecule has 3 heterocycles. The van der Waals surface area contributed by atoms with Gasteiger partial charge in [0, 0.05) is 50.0 Å². The molecule has 0 aromatic carbocycles. The van der Waals surface area contributed by atoms with E-state index in [0.717, 1.165) is 43.6 Å². The third-order valence-corrected chi connectivity index (χ3v) is 9.41. The average molecular weight is 453 g/mol. The number of nitrogens with one attached hydrogen (secondary N) is 1. The first-order valence-electron chi connectivity index (χ1n) is 10.6. The van der Waals surface area contributed by atoms with Crippen molar-refractivity contribution in [1.29, 1.82) is 0 Å². The molecule has 0 saturated carbocycles. The number of aromatic carboxylic acids is 1. The standard InChI is InChI=1S/C22H33N2O4PS/c1-22(2,3)10-5-18-15-19(20(30-18)21(25)26)23-16-6-11-24(12-7-16)17-8-13-29(27,28-4)14-9-17/h15-17,23H,6-9,11-14H2,1-4H3,(H,25,26). The summed E-state index contributed by atoms with van der Waals surface area (Å²) >= 11 is 1.24. The Morgan fingerprint density at radius 2 is 1.90 bits per heavy atom. The summed E-state index contributed by atoms with van der Waals surface area (Å²) in [4.78, 5) is 15.3. The molecule has 0 unspecified atom stereocenters. The number of hydrogen-bond acceptors (Lipinski definition) is 6. The Kier molecular flexibility index (Phi) is 7.35. The summed E-state index contributed by atoms with van der Waals surface area (Å²) < 4.78 is 17.6. The second-order valence-electron chi connectivity index (χ2n) is 9.29. The smallest absolute Gasteiger partial charge is 0.348 e. The average Bonchev–Trinajstić information content (AvgIpc) is 3.10. The highest BCUT2D eigenvalue weighted by atomic mass is 32.1. The van der Waals surface area contributed by atoms with Crippen LogP contribution < -0.4 is 5.32 Å². The summed E-state index contributed by atoms with van der Waals surface area (Å²) in [7, 11) is -0.811. The molecule has 30 heavy (non-hydrogen) atoms. The molecule has 2 saturated heterocycles. The molecule has 0 radical (unpaired) electrons. The van der Waals surface area contributed by atoms with Gasteiger partial charge >= 0.3 is 5.97 Å². The molecule has 0 aliphatic carbocycles. The molecule has 8 heteroatoms. The summed E-state index contributed by atoms with van der Waals surface area (Å²) in [5, 5.41) is 13.1. The lowest BCUT2D eigenvalue weighted by Gasteiger charge is -2.40. The van der Waals surface area contributed by atoms with Gasteiger partial charge in [-0.25, -0.2) is 4.79 Å². The fourth-order valence-corrected chi connectivity index (χ4v) is 6.88. The van der Waals surface area contributed by atoms with E-state index in [-0.39, 0.29) is 11.5 Å². The first-order chi connectivity index (χ1) is 14.1. The number of carboxylic acid groups (broad SMARTS) is 1. The van der Waals surface area contributed by atoms with Gasteiger partial charge in [0.1, 0.15) is 4.88 Å². The van der Waals surface area contributed by atoms with Crippen LogP contribution in [0.15, 0.2) is 6.07 Å². The molecule has 1 aromatic rings. The number of rotatable bonds is 5. The van der Waals surface area contributed by atoms with Crippen molar-refractivity contribution in [2.75, 3.05) is 37.8 Å². The van der Waals surface area contributed by atoms with Crippen molar-refractivity contribution in [2.45, 2.75) is 58.5 Å². The first kappa shape index (κ1) is 23.3. The van der Waals surface area contributed by atoms with Crippen LogP contribution in [0, 0.1) is 17.3 Å². The second kappa shape index (κ2) is 9.44. The van der Waals surface area contributed by atoms with Gasteiger partial charge in [-0.1, -0.05) is 11.8 Å². The third-order valence-electron chi connectivity index (χ3n) is 5.83. The quantitative estimate of drug-likeness (QED) is 0.493. The fraction of sp³-hybridized carbons (Fsp3) is 0.682. The number of thiophene rings is 1. The van der Waals surface area contributed by atoms with Crippen LogP contribution in [0.2, 0.25) is 0 Å². The lowest BCUT2D eigenvalue weighted by Crippen LogP contribution is -2.46. The number of anilines is 1. The summed E-state index contributed by atoms with van der Waals surface area (Å²) in [5.41, 5.74) is 0.562. The topological polar surface area (TPSA) is 78.9 Å². The van der Waals surface area contributed by atoms with Crippen molar-refractivity contribution in [3.8, 4) is 11.8 Å². The summed E-state index contributed by atoms with van der Waals surface area (Å²) in [6, 6.07) is 2.62. The molecule has 2 aliphatic rings. The van der Waals surface area contributed by atoms with Crippen molar-refractivity contribution in [2.24, 2.45) is 5.41 Å². The number of carboxylic acids is 1. The zero-order valence-electron chi connectivity index (χ0n) is 18.4. The maximum atomic E-state index is 12.4. The van der Waals surface area contributed by atoms with Gasteiger partial charge in [-0.15, -0.1) is 11.3 Å². The molecule has 2 aliphatic heterocycles. The van der Waals surface area contributed by atoms with Gasteiger partial charge in [0.25, 0.3) is 0 Å². The fourth-order valence-electron chi connectivity index (χ4n) is 4.09.